The van der Waals surface area contributed by atoms with Gasteiger partial charge in [0.25, 0.3) is 0 Å². The first-order chi connectivity index (χ1) is 7.56. The molecule has 0 rings (SSSR count). The molecular weight excluding hydrogens is 214 g/mol. The lowest BCUT2D eigenvalue weighted by atomic mass is 10.3. The highest BCUT2D eigenvalue weighted by Gasteiger charge is 2.02. The van der Waals surface area contributed by atoms with Crippen molar-refractivity contribution in [2.45, 2.75) is 19.3 Å². The number of amides is 2. The minimum atomic E-state index is -0.885. The van der Waals surface area contributed by atoms with Crippen molar-refractivity contribution in [3.8, 4) is 0 Å². The smallest absolute Gasteiger partial charge is 0.303 e. The lowest BCUT2D eigenvalue weighted by Crippen LogP contribution is -2.34. The lowest BCUT2D eigenvalue weighted by molar-refractivity contribution is -0.137. The molecule has 0 aromatic rings. The van der Waals surface area contributed by atoms with Gasteiger partial charge in [0, 0.05) is 25.9 Å². The second-order valence-electron chi connectivity index (χ2n) is 3.15. The van der Waals surface area contributed by atoms with Crippen LogP contribution in [0, 0.1) is 0 Å². The topological polar surface area (TPSA) is 122 Å². The first kappa shape index (κ1) is 14.4. The fourth-order valence-electron chi connectivity index (χ4n) is 0.943. The van der Waals surface area contributed by atoms with Crippen LogP contribution in [-0.2, 0) is 14.4 Å². The lowest BCUT2D eigenvalue weighted by Gasteiger charge is -2.05. The molecule has 0 fully saturated rings. The van der Waals surface area contributed by atoms with Gasteiger partial charge in [-0.1, -0.05) is 0 Å². The Morgan fingerprint density at radius 1 is 1.00 bits per heavy atom. The molecule has 0 spiro atoms. The summed E-state index contributed by atoms with van der Waals surface area (Å²) in [5, 5.41) is 13.3. The number of carbonyl (C=O) groups is 3. The second kappa shape index (κ2) is 8.66. The van der Waals surface area contributed by atoms with Crippen molar-refractivity contribution >= 4 is 17.8 Å². The quantitative estimate of drug-likeness (QED) is 0.376. The highest BCUT2D eigenvalue weighted by molar-refractivity contribution is 5.79. The zero-order valence-electron chi connectivity index (χ0n) is 8.99. The van der Waals surface area contributed by atoms with Gasteiger partial charge in [-0.15, -0.1) is 0 Å². The van der Waals surface area contributed by atoms with Crippen LogP contribution in [0.5, 0.6) is 0 Å². The molecule has 0 saturated carbocycles. The molecule has 0 aliphatic rings. The van der Waals surface area contributed by atoms with Crippen molar-refractivity contribution in [3.63, 3.8) is 0 Å². The molecular formula is C9H17N3O4. The zero-order chi connectivity index (χ0) is 12.4. The molecule has 0 saturated heterocycles. The second-order valence-corrected chi connectivity index (χ2v) is 3.15. The summed E-state index contributed by atoms with van der Waals surface area (Å²) in [7, 11) is 0. The predicted molar refractivity (Wildman–Crippen MR) is 56.6 cm³/mol. The molecule has 92 valence electrons. The van der Waals surface area contributed by atoms with Crippen LogP contribution >= 0.6 is 0 Å². The standard InChI is InChI=1S/C9H17N3O4/c10-6-8(14)12-5-3-7(13)11-4-1-2-9(15)16/h1-6,10H2,(H,11,13)(H,12,14)(H,15,16). The summed E-state index contributed by atoms with van der Waals surface area (Å²) in [5.41, 5.74) is 5.05. The van der Waals surface area contributed by atoms with E-state index in [4.69, 9.17) is 10.8 Å². The maximum atomic E-state index is 11.1. The predicted octanol–water partition coefficient (Wildman–Crippen LogP) is -1.57. The number of rotatable bonds is 8. The van der Waals surface area contributed by atoms with Gasteiger partial charge in [0.1, 0.15) is 0 Å². The Labute approximate surface area is 93.4 Å². The summed E-state index contributed by atoms with van der Waals surface area (Å²) in [6.07, 6.45) is 0.596. The number of hydrogen-bond acceptors (Lipinski definition) is 4. The molecule has 0 bridgehead atoms. The number of carboxylic acid groups (broad SMARTS) is 1. The fraction of sp³-hybridized carbons (Fsp3) is 0.667. The summed E-state index contributed by atoms with van der Waals surface area (Å²) in [4.78, 5) is 32.0. The van der Waals surface area contributed by atoms with Crippen LogP contribution in [0.4, 0.5) is 0 Å². The third kappa shape index (κ3) is 8.95. The monoisotopic (exact) mass is 231 g/mol. The SMILES string of the molecule is NCC(=O)NCCC(=O)NCCCC(=O)O. The Morgan fingerprint density at radius 2 is 1.62 bits per heavy atom. The Hall–Kier alpha value is -1.63. The summed E-state index contributed by atoms with van der Waals surface area (Å²) in [5.74, 6) is -1.41. The minimum Gasteiger partial charge on any atom is -0.481 e. The minimum absolute atomic E-state index is 0.0319. The Balaban J connectivity index is 3.38. The number of aliphatic carboxylic acids is 1. The zero-order valence-corrected chi connectivity index (χ0v) is 8.99. The summed E-state index contributed by atoms with van der Waals surface area (Å²) in [6, 6.07) is 0. The molecule has 5 N–H and O–H groups in total. The van der Waals surface area contributed by atoms with Gasteiger partial charge in [-0.05, 0) is 6.42 Å². The van der Waals surface area contributed by atoms with E-state index in [0.29, 0.717) is 13.0 Å². The van der Waals surface area contributed by atoms with Crippen molar-refractivity contribution in [1.82, 2.24) is 10.6 Å². The van der Waals surface area contributed by atoms with Gasteiger partial charge in [0.2, 0.25) is 11.8 Å². The highest BCUT2D eigenvalue weighted by Crippen LogP contribution is 1.86. The van der Waals surface area contributed by atoms with E-state index in [-0.39, 0.29) is 37.7 Å². The van der Waals surface area contributed by atoms with Crippen LogP contribution in [0.15, 0.2) is 0 Å². The summed E-state index contributed by atoms with van der Waals surface area (Å²) >= 11 is 0. The van der Waals surface area contributed by atoms with Gasteiger partial charge in [-0.3, -0.25) is 14.4 Å². The van der Waals surface area contributed by atoms with Crippen LogP contribution in [0.2, 0.25) is 0 Å². The summed E-state index contributed by atoms with van der Waals surface area (Å²) < 4.78 is 0. The van der Waals surface area contributed by atoms with E-state index in [1.165, 1.54) is 0 Å². The number of carboxylic acids is 1. The van der Waals surface area contributed by atoms with Crippen molar-refractivity contribution in [2.24, 2.45) is 5.73 Å². The number of nitrogens with two attached hydrogens (primary N) is 1. The van der Waals surface area contributed by atoms with Crippen molar-refractivity contribution in [2.75, 3.05) is 19.6 Å². The van der Waals surface area contributed by atoms with Crippen LogP contribution in [0.3, 0.4) is 0 Å². The largest absolute Gasteiger partial charge is 0.481 e. The number of carbonyl (C=O) groups excluding carboxylic acids is 2. The molecule has 16 heavy (non-hydrogen) atoms. The molecule has 7 nitrogen and oxygen atoms in total. The molecule has 0 aromatic carbocycles. The average Bonchev–Trinajstić information content (AvgIpc) is 2.24. The molecule has 0 radical (unpaired) electrons. The molecule has 0 heterocycles. The van der Waals surface area contributed by atoms with Gasteiger partial charge >= 0.3 is 5.97 Å². The Bertz CT molecular complexity index is 255. The average molecular weight is 231 g/mol. The maximum Gasteiger partial charge on any atom is 0.303 e. The van der Waals surface area contributed by atoms with Crippen LogP contribution < -0.4 is 16.4 Å². The van der Waals surface area contributed by atoms with Crippen LogP contribution in [-0.4, -0.2) is 42.5 Å². The van der Waals surface area contributed by atoms with E-state index in [0.717, 1.165) is 0 Å². The first-order valence-electron chi connectivity index (χ1n) is 5.01. The van der Waals surface area contributed by atoms with E-state index in [9.17, 15) is 14.4 Å². The molecule has 0 aliphatic carbocycles. The molecule has 0 aromatic heterocycles. The first-order valence-corrected chi connectivity index (χ1v) is 5.01. The van der Waals surface area contributed by atoms with Gasteiger partial charge in [-0.2, -0.15) is 0 Å². The number of hydrogen-bond donors (Lipinski definition) is 4. The third-order valence-corrected chi connectivity index (χ3v) is 1.75. The molecule has 0 unspecified atom stereocenters. The third-order valence-electron chi connectivity index (χ3n) is 1.75. The van der Waals surface area contributed by atoms with Gasteiger partial charge < -0.3 is 21.5 Å². The van der Waals surface area contributed by atoms with Crippen LogP contribution in [0.1, 0.15) is 19.3 Å². The van der Waals surface area contributed by atoms with Gasteiger partial charge in [-0.25, -0.2) is 0 Å². The van der Waals surface area contributed by atoms with Crippen molar-refractivity contribution < 1.29 is 19.5 Å². The summed E-state index contributed by atoms with van der Waals surface area (Å²) in [6.45, 7) is 0.469. The Kier molecular flexibility index (Phi) is 7.78. The van der Waals surface area contributed by atoms with Crippen molar-refractivity contribution in [1.29, 1.82) is 0 Å². The fourth-order valence-corrected chi connectivity index (χ4v) is 0.943. The normalized spacial score (nSPS) is 9.56. The van der Waals surface area contributed by atoms with E-state index < -0.39 is 5.97 Å². The van der Waals surface area contributed by atoms with E-state index >= 15 is 0 Å². The van der Waals surface area contributed by atoms with Gasteiger partial charge in [0.05, 0.1) is 6.54 Å². The maximum absolute atomic E-state index is 11.1. The number of nitrogens with one attached hydrogen (secondary N) is 2. The highest BCUT2D eigenvalue weighted by atomic mass is 16.4. The molecule has 0 atom stereocenters. The molecule has 7 heteroatoms. The van der Waals surface area contributed by atoms with Crippen molar-refractivity contribution in [3.05, 3.63) is 0 Å². The van der Waals surface area contributed by atoms with Crippen LogP contribution in [0.25, 0.3) is 0 Å². The van der Waals surface area contributed by atoms with E-state index in [2.05, 4.69) is 10.6 Å². The van der Waals surface area contributed by atoms with Gasteiger partial charge in [0.15, 0.2) is 0 Å². The molecule has 2 amide bonds. The Morgan fingerprint density at radius 3 is 2.19 bits per heavy atom. The van der Waals surface area contributed by atoms with E-state index in [1.807, 2.05) is 0 Å². The molecule has 0 aliphatic heterocycles. The van der Waals surface area contributed by atoms with E-state index in [1.54, 1.807) is 0 Å².